The molecule has 73 heavy (non-hydrogen) atoms. The zero-order valence-corrected chi connectivity index (χ0v) is 43.3. The highest BCUT2D eigenvalue weighted by Crippen LogP contribution is 2.55. The molecular weight excluding hydrogens is 937 g/mol. The van der Waals surface area contributed by atoms with Crippen LogP contribution in [0.2, 0.25) is 0 Å². The van der Waals surface area contributed by atoms with E-state index in [1.54, 1.807) is 47.4 Å². The molecular formula is C59H72F4N4O6. The van der Waals surface area contributed by atoms with Gasteiger partial charge in [-0.05, 0) is 145 Å². The van der Waals surface area contributed by atoms with E-state index in [0.29, 0.717) is 59.6 Å². The lowest BCUT2D eigenvalue weighted by molar-refractivity contribution is 0.0708. The summed E-state index contributed by atoms with van der Waals surface area (Å²) in [7, 11) is 6.14. The molecule has 0 bridgehead atoms. The molecule has 0 radical (unpaired) electrons. The first-order valence-corrected chi connectivity index (χ1v) is 26.1. The van der Waals surface area contributed by atoms with Crippen LogP contribution in [0.4, 0.5) is 17.6 Å². The fraction of sp³-hybridized carbons (Fsp3) is 0.492. The molecule has 3 unspecified atom stereocenters. The Labute approximate surface area is 428 Å². The molecule has 14 heteroatoms. The predicted molar refractivity (Wildman–Crippen MR) is 278 cm³/mol. The van der Waals surface area contributed by atoms with Crippen molar-refractivity contribution in [1.82, 2.24) is 20.0 Å². The second-order valence-electron chi connectivity index (χ2n) is 20.7. The van der Waals surface area contributed by atoms with E-state index in [-0.39, 0.29) is 71.9 Å². The Morgan fingerprint density at radius 3 is 1.93 bits per heavy atom. The minimum atomic E-state index is -0.674. The number of nitrogens with zero attached hydrogens (tertiary/aromatic N) is 3. The number of halogens is 4. The third kappa shape index (κ3) is 13.3. The lowest BCUT2D eigenvalue weighted by Gasteiger charge is -2.34. The van der Waals surface area contributed by atoms with Crippen LogP contribution in [-0.2, 0) is 6.42 Å². The number of nitrogens with one attached hydrogen (secondary N) is 1. The number of carbonyl (C=O) groups excluding carboxylic acids is 2. The number of hydrogen-bond acceptors (Lipinski definition) is 8. The molecule has 392 valence electrons. The monoisotopic (exact) mass is 1010 g/mol. The Morgan fingerprint density at radius 1 is 0.685 bits per heavy atom. The molecule has 1 N–H and O–H groups in total. The number of carbonyl (C=O) groups is 2. The van der Waals surface area contributed by atoms with Crippen molar-refractivity contribution >= 4 is 24.0 Å². The van der Waals surface area contributed by atoms with Gasteiger partial charge in [0.2, 0.25) is 0 Å². The molecule has 4 aliphatic rings. The van der Waals surface area contributed by atoms with Crippen molar-refractivity contribution in [2.45, 2.75) is 102 Å². The van der Waals surface area contributed by atoms with Gasteiger partial charge in [-0.25, -0.2) is 17.6 Å². The summed E-state index contributed by atoms with van der Waals surface area (Å²) < 4.78 is 83.8. The van der Waals surface area contributed by atoms with Gasteiger partial charge in [0.1, 0.15) is 46.3 Å². The van der Waals surface area contributed by atoms with E-state index in [2.05, 4.69) is 10.2 Å². The van der Waals surface area contributed by atoms with Gasteiger partial charge in [-0.15, -0.1) is 0 Å². The normalized spacial score (nSPS) is 20.5. The molecule has 2 saturated heterocycles. The number of benzene rings is 4. The van der Waals surface area contributed by atoms with Crippen LogP contribution < -0.4 is 24.3 Å². The summed E-state index contributed by atoms with van der Waals surface area (Å²) in [6.07, 6.45) is 14.3. The Kier molecular flexibility index (Phi) is 17.9. The third-order valence-electron chi connectivity index (χ3n) is 15.3. The summed E-state index contributed by atoms with van der Waals surface area (Å²) in [5.74, 6) is -0.858. The Bertz CT molecular complexity index is 2620. The van der Waals surface area contributed by atoms with E-state index in [1.165, 1.54) is 84.8 Å². The fourth-order valence-electron chi connectivity index (χ4n) is 11.5. The molecule has 0 aromatic heterocycles. The van der Waals surface area contributed by atoms with Crippen molar-refractivity contribution in [3.63, 3.8) is 0 Å². The number of ether oxygens (including phenoxy) is 4. The molecule has 2 amide bonds. The quantitative estimate of drug-likeness (QED) is 0.0826. The average molecular weight is 1010 g/mol. The molecule has 10 nitrogen and oxygen atoms in total. The number of likely N-dealkylation sites (tertiary alicyclic amines) is 1. The van der Waals surface area contributed by atoms with Crippen LogP contribution in [0.25, 0.3) is 12.2 Å². The molecule has 2 heterocycles. The zero-order valence-electron chi connectivity index (χ0n) is 43.3. The minimum absolute atomic E-state index is 0.0191. The maximum atomic E-state index is 16.6. The van der Waals surface area contributed by atoms with Crippen molar-refractivity contribution in [2.24, 2.45) is 11.8 Å². The number of methoxy groups -OCH3 is 4. The fourth-order valence-corrected chi connectivity index (χ4v) is 11.5. The van der Waals surface area contributed by atoms with Crippen LogP contribution in [-0.4, -0.2) is 113 Å². The highest BCUT2D eigenvalue weighted by Gasteiger charge is 2.43. The van der Waals surface area contributed by atoms with Gasteiger partial charge in [0.05, 0.1) is 28.4 Å². The Morgan fingerprint density at radius 2 is 1.32 bits per heavy atom. The van der Waals surface area contributed by atoms with E-state index in [9.17, 15) is 18.4 Å². The van der Waals surface area contributed by atoms with Gasteiger partial charge >= 0.3 is 0 Å². The molecule has 8 rings (SSSR count). The number of amides is 2. The average Bonchev–Trinajstić information content (AvgIpc) is 3.68. The molecule has 2 aliphatic carbocycles. The second kappa shape index (κ2) is 24.4. The van der Waals surface area contributed by atoms with Crippen molar-refractivity contribution < 1.29 is 46.1 Å². The van der Waals surface area contributed by atoms with E-state index in [0.717, 1.165) is 68.1 Å². The summed E-state index contributed by atoms with van der Waals surface area (Å²) >= 11 is 0. The Balaban J connectivity index is 1.01. The second-order valence-corrected chi connectivity index (χ2v) is 20.7. The van der Waals surface area contributed by atoms with Crippen LogP contribution in [0, 0.1) is 35.1 Å². The van der Waals surface area contributed by atoms with Crippen LogP contribution in [0.5, 0.6) is 23.0 Å². The molecule has 4 fully saturated rings. The summed E-state index contributed by atoms with van der Waals surface area (Å²) in [5, 5.41) is 3.47. The highest BCUT2D eigenvalue weighted by molar-refractivity contribution is 5.96. The van der Waals surface area contributed by atoms with Crippen molar-refractivity contribution in [3.8, 4) is 23.0 Å². The largest absolute Gasteiger partial charge is 0.497 e. The Hall–Kier alpha value is -5.86. The lowest BCUT2D eigenvalue weighted by atomic mass is 9.89. The molecule has 0 spiro atoms. The van der Waals surface area contributed by atoms with Gasteiger partial charge in [-0.2, -0.15) is 0 Å². The SMILES string of the molecule is COc1cc(OC)cc(C(=O)N(C/C(C)=C/c2ccc(F)c(CC3C[C@@H]3c3c(OC)cc(C(=O)N(C/C(C)=C/c4ccc(F)cc4F)CC4CCCN4CC4CCCCC4)cc3OC)c2F)CC2CCCN2)c1. The summed E-state index contributed by atoms with van der Waals surface area (Å²) in [5.41, 5.74) is 3.41. The van der Waals surface area contributed by atoms with E-state index >= 15 is 8.78 Å². The van der Waals surface area contributed by atoms with Crippen molar-refractivity contribution in [3.05, 3.63) is 128 Å². The topological polar surface area (TPSA) is 92.8 Å². The first-order chi connectivity index (χ1) is 35.2. The third-order valence-corrected chi connectivity index (χ3v) is 15.3. The maximum Gasteiger partial charge on any atom is 0.254 e. The van der Waals surface area contributed by atoms with E-state index in [1.807, 2.05) is 18.7 Å². The molecule has 4 aromatic carbocycles. The molecule has 2 aliphatic heterocycles. The zero-order chi connectivity index (χ0) is 51.8. The summed E-state index contributed by atoms with van der Waals surface area (Å²) in [4.78, 5) is 35.1. The first-order valence-electron chi connectivity index (χ1n) is 26.1. The van der Waals surface area contributed by atoms with Crippen molar-refractivity contribution in [2.75, 3.05) is 74.3 Å². The first kappa shape index (κ1) is 53.4. The van der Waals surface area contributed by atoms with E-state index < -0.39 is 23.3 Å². The van der Waals surface area contributed by atoms with Crippen molar-refractivity contribution in [1.29, 1.82) is 0 Å². The van der Waals surface area contributed by atoms with Gasteiger partial charge in [-0.3, -0.25) is 14.5 Å². The maximum absolute atomic E-state index is 16.6. The molecule has 4 aromatic rings. The van der Waals surface area contributed by atoms with Crippen LogP contribution in [0.3, 0.4) is 0 Å². The predicted octanol–water partition coefficient (Wildman–Crippen LogP) is 11.5. The minimum Gasteiger partial charge on any atom is -0.497 e. The van der Waals surface area contributed by atoms with Gasteiger partial charge in [-0.1, -0.05) is 42.6 Å². The lowest BCUT2D eigenvalue weighted by Crippen LogP contribution is -2.45. The smallest absolute Gasteiger partial charge is 0.254 e. The van der Waals surface area contributed by atoms with Crippen LogP contribution >= 0.6 is 0 Å². The van der Waals surface area contributed by atoms with Crippen LogP contribution in [0.15, 0.2) is 71.8 Å². The summed E-state index contributed by atoms with van der Waals surface area (Å²) in [6.45, 7) is 7.91. The standard InChI is InChI=1S/C59H72F4N4O6/c1-37(22-40-16-18-45(60)30-53(40)62)33-67(36-47-15-11-21-65(47)34-39-12-8-7-9-13-39)59(69)44-28-54(72-5)56(55(29-44)73-6)50-26-42(50)27-51-52(61)19-17-41(57(51)63)23-38(2)32-66(35-46-14-10-20-64-46)58(68)43-24-48(70-3)31-49(25-43)71-4/h16-19,22-25,28-31,39,42,46-47,50,64H,7-15,20-21,26-27,32-36H2,1-6H3/b37-22+,38-23+/t42?,46?,47?,50-/m0/s1. The van der Waals surface area contributed by atoms with Gasteiger partial charge in [0, 0.05) is 90.3 Å². The van der Waals surface area contributed by atoms with Crippen LogP contribution in [0.1, 0.15) is 127 Å². The number of rotatable bonds is 21. The number of hydrogen-bond donors (Lipinski definition) is 1. The van der Waals surface area contributed by atoms with Gasteiger partial charge in [0.15, 0.2) is 0 Å². The summed E-state index contributed by atoms with van der Waals surface area (Å²) in [6, 6.07) is 15.0. The molecule has 2 saturated carbocycles. The highest BCUT2D eigenvalue weighted by atomic mass is 19.1. The molecule has 4 atom stereocenters. The van der Waals surface area contributed by atoms with E-state index in [4.69, 9.17) is 18.9 Å². The van der Waals surface area contributed by atoms with Gasteiger partial charge < -0.3 is 34.1 Å². The van der Waals surface area contributed by atoms with Gasteiger partial charge in [0.25, 0.3) is 11.8 Å².